The predicted octanol–water partition coefficient (Wildman–Crippen LogP) is 1.69. The van der Waals surface area contributed by atoms with E-state index in [0.29, 0.717) is 36.6 Å². The van der Waals surface area contributed by atoms with Crippen LogP contribution in [0.2, 0.25) is 0 Å². The van der Waals surface area contributed by atoms with Crippen LogP contribution in [0.25, 0.3) is 0 Å². The van der Waals surface area contributed by atoms with Crippen LogP contribution in [0.5, 0.6) is 0 Å². The number of amides is 2. The van der Waals surface area contributed by atoms with E-state index in [1.54, 1.807) is 0 Å². The van der Waals surface area contributed by atoms with Crippen LogP contribution in [0, 0.1) is 11.8 Å². The van der Waals surface area contributed by atoms with Gasteiger partial charge < -0.3 is 10.2 Å². The van der Waals surface area contributed by atoms with Gasteiger partial charge in [-0.05, 0) is 43.9 Å². The summed E-state index contributed by atoms with van der Waals surface area (Å²) in [6.45, 7) is 1.78. The van der Waals surface area contributed by atoms with Gasteiger partial charge in [0.1, 0.15) is 0 Å². The third kappa shape index (κ3) is 2.77. The molecule has 0 aromatic carbocycles. The molecule has 0 aromatic rings. The van der Waals surface area contributed by atoms with Gasteiger partial charge in [-0.25, -0.2) is 0 Å². The highest BCUT2D eigenvalue weighted by atomic mass is 16.2. The van der Waals surface area contributed by atoms with Crippen molar-refractivity contribution in [3.63, 3.8) is 0 Å². The summed E-state index contributed by atoms with van der Waals surface area (Å²) >= 11 is 0. The molecule has 4 nitrogen and oxygen atoms in total. The lowest BCUT2D eigenvalue weighted by molar-refractivity contribution is -0.134. The number of carbonyl (C=O) groups is 2. The van der Waals surface area contributed by atoms with E-state index >= 15 is 0 Å². The number of carbonyl (C=O) groups excluding carboxylic acids is 2. The minimum Gasteiger partial charge on any atom is -0.353 e. The number of piperidine rings is 2. The van der Waals surface area contributed by atoms with Gasteiger partial charge in [-0.3, -0.25) is 9.59 Å². The highest BCUT2D eigenvalue weighted by Crippen LogP contribution is 2.35. The molecule has 3 atom stereocenters. The van der Waals surface area contributed by atoms with E-state index in [1.807, 2.05) is 4.90 Å². The van der Waals surface area contributed by atoms with Crippen molar-refractivity contribution < 1.29 is 9.59 Å². The maximum atomic E-state index is 11.9. The molecular formula is C15H24N2O2. The minimum atomic E-state index is 0.207. The summed E-state index contributed by atoms with van der Waals surface area (Å²) in [5, 5.41) is 3.20. The standard InChI is InChI=1S/C15H24N2O2/c18-13-8-7-11-4-3-5-12(15(11)16-13)10-17-9-2-1-6-14(17)19/h11-12,15H,1-10H2,(H,16,18)/t11-,12-,15+/m0/s1. The van der Waals surface area contributed by atoms with Crippen LogP contribution in [0.1, 0.15) is 51.4 Å². The Morgan fingerprint density at radius 1 is 1.05 bits per heavy atom. The van der Waals surface area contributed by atoms with Gasteiger partial charge in [-0.1, -0.05) is 6.42 Å². The van der Waals surface area contributed by atoms with E-state index < -0.39 is 0 Å². The zero-order valence-electron chi connectivity index (χ0n) is 11.6. The smallest absolute Gasteiger partial charge is 0.222 e. The molecule has 0 spiro atoms. The summed E-state index contributed by atoms with van der Waals surface area (Å²) in [6, 6.07) is 0.324. The average Bonchev–Trinajstić information content (AvgIpc) is 2.42. The monoisotopic (exact) mass is 264 g/mol. The van der Waals surface area contributed by atoms with Crippen molar-refractivity contribution >= 4 is 11.8 Å². The van der Waals surface area contributed by atoms with Gasteiger partial charge in [0, 0.05) is 32.0 Å². The number of likely N-dealkylation sites (tertiary alicyclic amines) is 1. The highest BCUT2D eigenvalue weighted by molar-refractivity contribution is 5.77. The van der Waals surface area contributed by atoms with Gasteiger partial charge in [-0.15, -0.1) is 0 Å². The summed E-state index contributed by atoms with van der Waals surface area (Å²) in [6.07, 6.45) is 8.29. The molecule has 2 heterocycles. The van der Waals surface area contributed by atoms with E-state index in [1.165, 1.54) is 12.8 Å². The first-order valence-electron chi connectivity index (χ1n) is 7.81. The third-order valence-electron chi connectivity index (χ3n) is 5.11. The molecule has 0 unspecified atom stereocenters. The van der Waals surface area contributed by atoms with E-state index in [9.17, 15) is 9.59 Å². The lowest BCUT2D eigenvalue weighted by Crippen LogP contribution is -2.54. The maximum Gasteiger partial charge on any atom is 0.222 e. The van der Waals surface area contributed by atoms with Crippen molar-refractivity contribution in [2.24, 2.45) is 11.8 Å². The normalized spacial score (nSPS) is 35.8. The molecule has 3 aliphatic rings. The first-order valence-corrected chi connectivity index (χ1v) is 7.81. The summed E-state index contributed by atoms with van der Waals surface area (Å²) in [5.74, 6) is 1.65. The van der Waals surface area contributed by atoms with Crippen molar-refractivity contribution in [1.82, 2.24) is 10.2 Å². The Morgan fingerprint density at radius 3 is 2.79 bits per heavy atom. The fourth-order valence-corrected chi connectivity index (χ4v) is 4.06. The molecule has 19 heavy (non-hydrogen) atoms. The van der Waals surface area contributed by atoms with Gasteiger partial charge in [0.05, 0.1) is 0 Å². The largest absolute Gasteiger partial charge is 0.353 e. The maximum absolute atomic E-state index is 11.9. The molecule has 3 fully saturated rings. The molecule has 3 rings (SSSR count). The number of hydrogen-bond donors (Lipinski definition) is 1. The van der Waals surface area contributed by atoms with E-state index in [0.717, 1.165) is 38.8 Å². The first-order chi connectivity index (χ1) is 9.24. The first kappa shape index (κ1) is 12.9. The van der Waals surface area contributed by atoms with Crippen LogP contribution >= 0.6 is 0 Å². The molecule has 0 aromatic heterocycles. The molecule has 2 saturated heterocycles. The summed E-state index contributed by atoms with van der Waals surface area (Å²) in [5.41, 5.74) is 0. The van der Waals surface area contributed by atoms with Gasteiger partial charge in [0.15, 0.2) is 0 Å². The lowest BCUT2D eigenvalue weighted by atomic mass is 9.73. The Balaban J connectivity index is 1.65. The number of fused-ring (bicyclic) bond motifs is 1. The molecular weight excluding hydrogens is 240 g/mol. The number of nitrogens with one attached hydrogen (secondary N) is 1. The van der Waals surface area contributed by atoms with Crippen LogP contribution in [0.4, 0.5) is 0 Å². The Morgan fingerprint density at radius 2 is 1.95 bits per heavy atom. The van der Waals surface area contributed by atoms with Crippen molar-refractivity contribution in [3.05, 3.63) is 0 Å². The summed E-state index contributed by atoms with van der Waals surface area (Å²) in [4.78, 5) is 25.6. The second-order valence-electron chi connectivity index (χ2n) is 6.38. The van der Waals surface area contributed by atoms with Crippen LogP contribution < -0.4 is 5.32 Å². The Labute approximate surface area is 114 Å². The molecule has 0 radical (unpaired) electrons. The number of rotatable bonds is 2. The van der Waals surface area contributed by atoms with Crippen molar-refractivity contribution in [3.8, 4) is 0 Å². The van der Waals surface area contributed by atoms with Crippen molar-refractivity contribution in [1.29, 1.82) is 0 Å². The van der Waals surface area contributed by atoms with Crippen LogP contribution in [0.3, 0.4) is 0 Å². The lowest BCUT2D eigenvalue weighted by Gasteiger charge is -2.43. The molecule has 2 aliphatic heterocycles. The van der Waals surface area contributed by atoms with Gasteiger partial charge in [0.2, 0.25) is 11.8 Å². The van der Waals surface area contributed by atoms with E-state index in [4.69, 9.17) is 0 Å². The Kier molecular flexibility index (Phi) is 3.76. The quantitative estimate of drug-likeness (QED) is 0.825. The summed E-state index contributed by atoms with van der Waals surface area (Å²) < 4.78 is 0. The van der Waals surface area contributed by atoms with Crippen LogP contribution in [-0.4, -0.2) is 35.8 Å². The van der Waals surface area contributed by atoms with Crippen LogP contribution in [-0.2, 0) is 9.59 Å². The van der Waals surface area contributed by atoms with E-state index in [2.05, 4.69) is 5.32 Å². The Hall–Kier alpha value is -1.06. The van der Waals surface area contributed by atoms with Crippen LogP contribution in [0.15, 0.2) is 0 Å². The molecule has 0 bridgehead atoms. The molecule has 106 valence electrons. The number of nitrogens with zero attached hydrogens (tertiary/aromatic N) is 1. The second-order valence-corrected chi connectivity index (χ2v) is 6.38. The molecule has 4 heteroatoms. The topological polar surface area (TPSA) is 49.4 Å². The highest BCUT2D eigenvalue weighted by Gasteiger charge is 2.38. The molecule has 1 aliphatic carbocycles. The van der Waals surface area contributed by atoms with Gasteiger partial charge in [0.25, 0.3) is 0 Å². The van der Waals surface area contributed by atoms with Crippen molar-refractivity contribution in [2.45, 2.75) is 57.4 Å². The fourth-order valence-electron chi connectivity index (χ4n) is 4.06. The number of hydrogen-bond acceptors (Lipinski definition) is 2. The Bertz CT molecular complexity index is 369. The van der Waals surface area contributed by atoms with Gasteiger partial charge in [-0.2, -0.15) is 0 Å². The minimum absolute atomic E-state index is 0.207. The molecule has 1 N–H and O–H groups in total. The second kappa shape index (κ2) is 5.51. The zero-order valence-corrected chi connectivity index (χ0v) is 11.6. The molecule has 2 amide bonds. The SMILES string of the molecule is O=C1CC[C@@H]2CCC[C@@H](CN3CCCCC3=O)[C@@H]2N1. The summed E-state index contributed by atoms with van der Waals surface area (Å²) in [7, 11) is 0. The zero-order chi connectivity index (χ0) is 13.2. The van der Waals surface area contributed by atoms with Gasteiger partial charge >= 0.3 is 0 Å². The molecule has 1 saturated carbocycles. The predicted molar refractivity (Wildman–Crippen MR) is 72.4 cm³/mol. The van der Waals surface area contributed by atoms with Crippen molar-refractivity contribution in [2.75, 3.05) is 13.1 Å². The fraction of sp³-hybridized carbons (Fsp3) is 0.867. The van der Waals surface area contributed by atoms with E-state index in [-0.39, 0.29) is 5.91 Å². The third-order valence-corrected chi connectivity index (χ3v) is 5.11. The average molecular weight is 264 g/mol.